The van der Waals surface area contributed by atoms with Crippen LogP contribution in [0.2, 0.25) is 0 Å². The molecule has 0 amide bonds. The third-order valence-corrected chi connectivity index (χ3v) is 5.46. The number of morpholine rings is 1. The van der Waals surface area contributed by atoms with Crippen molar-refractivity contribution in [3.8, 4) is 0 Å². The minimum atomic E-state index is 0.314. The van der Waals surface area contributed by atoms with Crippen LogP contribution in [0.4, 0.5) is 0 Å². The molecule has 0 bridgehead atoms. The van der Waals surface area contributed by atoms with Crippen molar-refractivity contribution in [1.82, 2.24) is 24.7 Å². The Labute approximate surface area is 145 Å². The van der Waals surface area contributed by atoms with Crippen molar-refractivity contribution < 1.29 is 4.74 Å². The first-order chi connectivity index (χ1) is 11.8. The van der Waals surface area contributed by atoms with Crippen LogP contribution in [0.1, 0.15) is 35.7 Å². The Morgan fingerprint density at radius 2 is 1.96 bits per heavy atom. The van der Waals surface area contributed by atoms with Gasteiger partial charge in [0.05, 0.1) is 19.8 Å². The SMILES string of the molecule is CCC(c1ccccc1)c1nn2c(CN3CCOCC3)nnc2s1. The van der Waals surface area contributed by atoms with Gasteiger partial charge in [-0.25, -0.2) is 0 Å². The summed E-state index contributed by atoms with van der Waals surface area (Å²) in [5.74, 6) is 1.23. The predicted octanol–water partition coefficient (Wildman–Crippen LogP) is 2.56. The average Bonchev–Trinajstić information content (AvgIpc) is 3.20. The Morgan fingerprint density at radius 1 is 1.17 bits per heavy atom. The summed E-state index contributed by atoms with van der Waals surface area (Å²) in [6.45, 7) is 6.43. The van der Waals surface area contributed by atoms with Crippen LogP contribution in [0.5, 0.6) is 0 Å². The zero-order chi connectivity index (χ0) is 16.4. The number of hydrogen-bond donors (Lipinski definition) is 0. The molecule has 0 N–H and O–H groups in total. The molecule has 1 unspecified atom stereocenters. The predicted molar refractivity (Wildman–Crippen MR) is 93.3 cm³/mol. The lowest BCUT2D eigenvalue weighted by Crippen LogP contribution is -2.36. The van der Waals surface area contributed by atoms with Crippen LogP contribution in [-0.2, 0) is 11.3 Å². The van der Waals surface area contributed by atoms with E-state index in [0.717, 1.165) is 55.1 Å². The highest BCUT2D eigenvalue weighted by atomic mass is 32.1. The van der Waals surface area contributed by atoms with Gasteiger partial charge < -0.3 is 4.74 Å². The topological polar surface area (TPSA) is 55.5 Å². The molecular weight excluding hydrogens is 322 g/mol. The number of hydrogen-bond acceptors (Lipinski definition) is 6. The van der Waals surface area contributed by atoms with Crippen molar-refractivity contribution in [3.05, 3.63) is 46.7 Å². The van der Waals surface area contributed by atoms with Crippen LogP contribution >= 0.6 is 11.3 Å². The summed E-state index contributed by atoms with van der Waals surface area (Å²) in [6.07, 6.45) is 1.02. The summed E-state index contributed by atoms with van der Waals surface area (Å²) in [4.78, 5) is 3.22. The van der Waals surface area contributed by atoms with Crippen LogP contribution in [-0.4, -0.2) is 51.0 Å². The Balaban J connectivity index is 1.61. The molecule has 24 heavy (non-hydrogen) atoms. The van der Waals surface area contributed by atoms with Gasteiger partial charge in [-0.3, -0.25) is 4.90 Å². The highest BCUT2D eigenvalue weighted by Crippen LogP contribution is 2.31. The summed E-state index contributed by atoms with van der Waals surface area (Å²) in [5, 5.41) is 14.6. The highest BCUT2D eigenvalue weighted by molar-refractivity contribution is 7.16. The number of aromatic nitrogens is 4. The summed E-state index contributed by atoms with van der Waals surface area (Å²) in [5.41, 5.74) is 1.31. The molecule has 3 aromatic rings. The van der Waals surface area contributed by atoms with E-state index in [4.69, 9.17) is 9.84 Å². The Morgan fingerprint density at radius 3 is 2.71 bits per heavy atom. The van der Waals surface area contributed by atoms with Gasteiger partial charge in [-0.15, -0.1) is 10.2 Å². The van der Waals surface area contributed by atoms with Crippen LogP contribution in [0, 0.1) is 0 Å². The number of rotatable bonds is 5. The lowest BCUT2D eigenvalue weighted by Gasteiger charge is -2.25. The van der Waals surface area contributed by atoms with Gasteiger partial charge in [-0.05, 0) is 12.0 Å². The minimum Gasteiger partial charge on any atom is -0.379 e. The van der Waals surface area contributed by atoms with Crippen molar-refractivity contribution in [2.45, 2.75) is 25.8 Å². The second kappa shape index (κ2) is 6.96. The summed E-state index contributed by atoms with van der Waals surface area (Å²) < 4.78 is 7.33. The Bertz CT molecular complexity index is 794. The number of fused-ring (bicyclic) bond motifs is 1. The standard InChI is InChI=1S/C17H21N5OS/c1-2-14(13-6-4-3-5-7-13)16-20-22-15(18-19-17(22)24-16)12-21-8-10-23-11-9-21/h3-7,14H,2,8-12H2,1H3. The molecule has 4 rings (SSSR count). The van der Waals surface area contributed by atoms with E-state index in [-0.39, 0.29) is 0 Å². The second-order valence-corrected chi connectivity index (χ2v) is 7.00. The fourth-order valence-electron chi connectivity index (χ4n) is 3.11. The average molecular weight is 343 g/mol. The third kappa shape index (κ3) is 3.07. The molecule has 1 saturated heterocycles. The zero-order valence-corrected chi connectivity index (χ0v) is 14.6. The lowest BCUT2D eigenvalue weighted by atomic mass is 9.97. The van der Waals surface area contributed by atoms with Gasteiger partial charge in [0.1, 0.15) is 5.01 Å². The molecule has 1 aromatic carbocycles. The van der Waals surface area contributed by atoms with E-state index in [2.05, 4.69) is 52.4 Å². The molecule has 1 atom stereocenters. The monoisotopic (exact) mass is 343 g/mol. The molecular formula is C17H21N5OS. The van der Waals surface area contributed by atoms with Gasteiger partial charge >= 0.3 is 0 Å². The fraction of sp³-hybridized carbons (Fsp3) is 0.471. The molecule has 1 aliphatic heterocycles. The van der Waals surface area contributed by atoms with Crippen LogP contribution in [0.25, 0.3) is 4.96 Å². The summed E-state index contributed by atoms with van der Waals surface area (Å²) in [6, 6.07) is 10.6. The number of ether oxygens (including phenoxy) is 1. The molecule has 3 heterocycles. The minimum absolute atomic E-state index is 0.314. The van der Waals surface area contributed by atoms with Crippen molar-refractivity contribution in [1.29, 1.82) is 0 Å². The molecule has 0 aliphatic carbocycles. The first kappa shape index (κ1) is 15.7. The molecule has 0 spiro atoms. The Kier molecular flexibility index (Phi) is 4.55. The van der Waals surface area contributed by atoms with Crippen LogP contribution in [0.15, 0.2) is 30.3 Å². The normalized spacial score (nSPS) is 17.4. The van der Waals surface area contributed by atoms with E-state index in [1.807, 2.05) is 4.52 Å². The highest BCUT2D eigenvalue weighted by Gasteiger charge is 2.21. The first-order valence-electron chi connectivity index (χ1n) is 8.41. The van der Waals surface area contributed by atoms with E-state index >= 15 is 0 Å². The molecule has 7 heteroatoms. The van der Waals surface area contributed by atoms with Crippen molar-refractivity contribution >= 4 is 16.3 Å². The smallest absolute Gasteiger partial charge is 0.234 e. The maximum Gasteiger partial charge on any atom is 0.234 e. The molecule has 0 radical (unpaired) electrons. The molecule has 2 aromatic heterocycles. The molecule has 1 fully saturated rings. The van der Waals surface area contributed by atoms with Crippen molar-refractivity contribution in [2.75, 3.05) is 26.3 Å². The van der Waals surface area contributed by atoms with Gasteiger partial charge in [-0.2, -0.15) is 9.61 Å². The van der Waals surface area contributed by atoms with E-state index in [9.17, 15) is 0 Å². The molecule has 1 aliphatic rings. The van der Waals surface area contributed by atoms with Crippen molar-refractivity contribution in [3.63, 3.8) is 0 Å². The molecule has 126 valence electrons. The van der Waals surface area contributed by atoms with E-state index in [1.165, 1.54) is 5.56 Å². The number of benzene rings is 1. The zero-order valence-electron chi connectivity index (χ0n) is 13.8. The van der Waals surface area contributed by atoms with Gasteiger partial charge in [0, 0.05) is 19.0 Å². The molecule has 6 nitrogen and oxygen atoms in total. The summed E-state index contributed by atoms with van der Waals surface area (Å²) >= 11 is 1.64. The van der Waals surface area contributed by atoms with Crippen molar-refractivity contribution in [2.24, 2.45) is 0 Å². The molecule has 0 saturated carbocycles. The maximum absolute atomic E-state index is 5.41. The van der Waals surface area contributed by atoms with E-state index in [1.54, 1.807) is 11.3 Å². The van der Waals surface area contributed by atoms with Gasteiger partial charge in [-0.1, -0.05) is 48.6 Å². The lowest BCUT2D eigenvalue weighted by molar-refractivity contribution is 0.0328. The summed E-state index contributed by atoms with van der Waals surface area (Å²) in [7, 11) is 0. The second-order valence-electron chi connectivity index (χ2n) is 6.01. The fourth-order valence-corrected chi connectivity index (χ4v) is 4.18. The number of nitrogens with zero attached hydrogens (tertiary/aromatic N) is 5. The van der Waals surface area contributed by atoms with Gasteiger partial charge in [0.2, 0.25) is 4.96 Å². The van der Waals surface area contributed by atoms with Crippen LogP contribution in [0.3, 0.4) is 0 Å². The first-order valence-corrected chi connectivity index (χ1v) is 9.23. The third-order valence-electron chi connectivity index (χ3n) is 4.45. The maximum atomic E-state index is 5.41. The van der Waals surface area contributed by atoms with E-state index in [0.29, 0.717) is 5.92 Å². The van der Waals surface area contributed by atoms with Gasteiger partial charge in [0.25, 0.3) is 0 Å². The van der Waals surface area contributed by atoms with Crippen LogP contribution < -0.4 is 0 Å². The van der Waals surface area contributed by atoms with Gasteiger partial charge in [0.15, 0.2) is 5.82 Å². The van der Waals surface area contributed by atoms with E-state index < -0.39 is 0 Å². The quantitative estimate of drug-likeness (QED) is 0.713. The largest absolute Gasteiger partial charge is 0.379 e. The Hall–Kier alpha value is -1.83.